The van der Waals surface area contributed by atoms with Crippen LogP contribution in [0.5, 0.6) is 0 Å². The molecule has 4 heteroatoms. The van der Waals surface area contributed by atoms with Crippen molar-refractivity contribution < 1.29 is 9.41 Å². The predicted octanol–water partition coefficient (Wildman–Crippen LogP) is 1.48. The first-order valence-electron chi connectivity index (χ1n) is 2.25. The Morgan fingerprint density at radius 2 is 1.38 bits per heavy atom. The highest BCUT2D eigenvalue weighted by Gasteiger charge is 1.83. The third-order valence-corrected chi connectivity index (χ3v) is 1.30. The van der Waals surface area contributed by atoms with Crippen LogP contribution in [0.4, 0.5) is 9.41 Å². The lowest BCUT2D eigenvalue weighted by Crippen LogP contribution is -2.08. The second-order valence-electron chi connectivity index (χ2n) is 1.14. The molecular weight excluding hydrogens is 132 g/mol. The van der Waals surface area contributed by atoms with E-state index in [0.29, 0.717) is 0 Å². The molecule has 0 aromatic rings. The van der Waals surface area contributed by atoms with E-state index in [0.717, 1.165) is 13.1 Å². The van der Waals surface area contributed by atoms with Crippen molar-refractivity contribution in [1.29, 1.82) is 0 Å². The van der Waals surface area contributed by atoms with E-state index in [2.05, 4.69) is 26.7 Å². The van der Waals surface area contributed by atoms with Crippen LogP contribution in [0.25, 0.3) is 0 Å². The first-order valence-corrected chi connectivity index (χ1v) is 2.65. The molecule has 0 radical (unpaired) electrons. The highest BCUT2D eigenvalue weighted by molar-refractivity contribution is 7.77. The van der Waals surface area contributed by atoms with Crippen molar-refractivity contribution in [1.82, 2.24) is 4.31 Å². The van der Waals surface area contributed by atoms with E-state index in [-0.39, 0.29) is 9.41 Å². The van der Waals surface area contributed by atoms with Gasteiger partial charge in [-0.2, -0.15) is 0 Å². The van der Waals surface area contributed by atoms with E-state index in [1.54, 1.807) is 0 Å². The molecule has 0 unspecified atom stereocenters. The molecule has 0 spiro atoms. The van der Waals surface area contributed by atoms with Gasteiger partial charge in [-0.05, 0) is 0 Å². The average Bonchev–Trinajstić information content (AvgIpc) is 1.65. The molecule has 0 fully saturated rings. The maximum Gasteiger partial charge on any atom is 0.00584 e. The first-order chi connectivity index (χ1) is 2.81. The number of thiol groups is 1. The van der Waals surface area contributed by atoms with Gasteiger partial charge in [0.2, 0.25) is 0 Å². The number of rotatable bonds is 2. The molecule has 0 aliphatic carbocycles. The monoisotopic (exact) mass is 145 g/mol. The highest BCUT2D eigenvalue weighted by Crippen LogP contribution is 1.86. The van der Waals surface area contributed by atoms with Crippen LogP contribution < -0.4 is 0 Å². The molecule has 0 aliphatic heterocycles. The maximum absolute atomic E-state index is 4.06. The molecule has 8 heavy (non-hydrogen) atoms. The minimum absolute atomic E-state index is 0. The quantitative estimate of drug-likeness (QED) is 0.576. The number of nitrogens with zero attached hydrogens (tertiary/aromatic N) is 1. The molecule has 54 valence electrons. The van der Waals surface area contributed by atoms with Crippen molar-refractivity contribution in [2.24, 2.45) is 0 Å². The van der Waals surface area contributed by atoms with Gasteiger partial charge in [-0.1, -0.05) is 26.7 Å². The fraction of sp³-hybridized carbons (Fsp3) is 1.00. The van der Waals surface area contributed by atoms with E-state index < -0.39 is 0 Å². The van der Waals surface area contributed by atoms with Crippen molar-refractivity contribution in [3.05, 3.63) is 0 Å². The summed E-state index contributed by atoms with van der Waals surface area (Å²) < 4.78 is 1.94. The molecule has 0 bridgehead atoms. The normalized spacial score (nSPS) is 7.50. The summed E-state index contributed by atoms with van der Waals surface area (Å²) in [6, 6.07) is 0. The van der Waals surface area contributed by atoms with Crippen molar-refractivity contribution in [2.45, 2.75) is 13.8 Å². The lowest BCUT2D eigenvalue weighted by atomic mass is 10.7. The van der Waals surface area contributed by atoms with Gasteiger partial charge in [0.1, 0.15) is 0 Å². The highest BCUT2D eigenvalue weighted by atomic mass is 32.1. The Labute approximate surface area is 54.3 Å². The topological polar surface area (TPSA) is 3.24 Å². The zero-order valence-corrected chi connectivity index (χ0v) is 6.02. The number of hydrogen-bond donors (Lipinski definition) is 1. The Balaban J connectivity index is -0.000000125. The zero-order chi connectivity index (χ0) is 4.99. The third-order valence-electron chi connectivity index (χ3n) is 0.730. The van der Waals surface area contributed by atoms with Gasteiger partial charge in [0.15, 0.2) is 0 Å². The summed E-state index contributed by atoms with van der Waals surface area (Å²) in [5.41, 5.74) is 0. The van der Waals surface area contributed by atoms with Gasteiger partial charge < -0.3 is 0 Å². The standard InChI is InChI=1S/C4H11NS.2FH/c1-3-5(6)4-2;;/h6H,3-4H2,1-2H3;2*1H. The van der Waals surface area contributed by atoms with Gasteiger partial charge in [0.05, 0.1) is 0 Å². The predicted molar refractivity (Wildman–Crippen MR) is 36.9 cm³/mol. The summed E-state index contributed by atoms with van der Waals surface area (Å²) >= 11 is 4.06. The van der Waals surface area contributed by atoms with Crippen LogP contribution >= 0.6 is 12.8 Å². The van der Waals surface area contributed by atoms with Gasteiger partial charge in [0, 0.05) is 13.1 Å². The third kappa shape index (κ3) is 9.48. The van der Waals surface area contributed by atoms with Crippen LogP contribution in [0.3, 0.4) is 0 Å². The largest absolute Gasteiger partial charge is 0.269 e. The fourth-order valence-electron chi connectivity index (χ4n) is 0.224. The SMILES string of the molecule is CCN(S)CC.F.F. The summed E-state index contributed by atoms with van der Waals surface area (Å²) in [7, 11) is 0. The molecule has 0 aromatic carbocycles. The summed E-state index contributed by atoms with van der Waals surface area (Å²) in [5.74, 6) is 0. The van der Waals surface area contributed by atoms with E-state index >= 15 is 0 Å². The van der Waals surface area contributed by atoms with Gasteiger partial charge >= 0.3 is 0 Å². The second kappa shape index (κ2) is 10.2. The van der Waals surface area contributed by atoms with Gasteiger partial charge in [-0.3, -0.25) is 13.7 Å². The van der Waals surface area contributed by atoms with Crippen LogP contribution in [0, 0.1) is 0 Å². The molecule has 0 saturated carbocycles. The molecule has 0 rings (SSSR count). The van der Waals surface area contributed by atoms with Gasteiger partial charge in [0.25, 0.3) is 0 Å². The lowest BCUT2D eigenvalue weighted by Gasteiger charge is -2.05. The molecule has 0 aliphatic rings. The molecule has 0 N–H and O–H groups in total. The Bertz CT molecular complexity index is 33.2. The van der Waals surface area contributed by atoms with E-state index in [9.17, 15) is 0 Å². The molecular formula is C4H13F2NS. The summed E-state index contributed by atoms with van der Waals surface area (Å²) in [5, 5.41) is 0. The maximum atomic E-state index is 4.06. The smallest absolute Gasteiger partial charge is 0.00584 e. The van der Waals surface area contributed by atoms with Crippen LogP contribution in [-0.4, -0.2) is 17.4 Å². The first kappa shape index (κ1) is 15.7. The minimum atomic E-state index is 0. The van der Waals surface area contributed by atoms with E-state index in [4.69, 9.17) is 0 Å². The molecule has 0 saturated heterocycles. The van der Waals surface area contributed by atoms with Crippen molar-refractivity contribution in [2.75, 3.05) is 13.1 Å². The van der Waals surface area contributed by atoms with Gasteiger partial charge in [-0.15, -0.1) is 0 Å². The fourth-order valence-corrected chi connectivity index (χ4v) is 0.224. The van der Waals surface area contributed by atoms with Gasteiger partial charge in [-0.25, -0.2) is 0 Å². The Kier molecular flexibility index (Phi) is 20.1. The summed E-state index contributed by atoms with van der Waals surface area (Å²) in [6.07, 6.45) is 0. The zero-order valence-electron chi connectivity index (χ0n) is 5.13. The number of hydrogen-bond acceptors (Lipinski definition) is 2. The average molecular weight is 145 g/mol. The van der Waals surface area contributed by atoms with Crippen molar-refractivity contribution in [3.8, 4) is 0 Å². The molecule has 1 nitrogen and oxygen atoms in total. The van der Waals surface area contributed by atoms with Crippen LogP contribution in [-0.2, 0) is 0 Å². The Hall–Kier alpha value is 0.170. The van der Waals surface area contributed by atoms with Crippen LogP contribution in [0.15, 0.2) is 0 Å². The molecule has 0 aromatic heterocycles. The van der Waals surface area contributed by atoms with E-state index in [1.807, 2.05) is 4.31 Å². The lowest BCUT2D eigenvalue weighted by molar-refractivity contribution is 0.532. The Morgan fingerprint density at radius 1 is 1.12 bits per heavy atom. The van der Waals surface area contributed by atoms with Crippen molar-refractivity contribution >= 4 is 12.8 Å². The summed E-state index contributed by atoms with van der Waals surface area (Å²) in [6.45, 7) is 6.21. The van der Waals surface area contributed by atoms with Crippen LogP contribution in [0.1, 0.15) is 13.8 Å². The van der Waals surface area contributed by atoms with Crippen LogP contribution in [0.2, 0.25) is 0 Å². The molecule has 0 atom stereocenters. The van der Waals surface area contributed by atoms with Crippen molar-refractivity contribution in [3.63, 3.8) is 0 Å². The molecule has 0 heterocycles. The minimum Gasteiger partial charge on any atom is -0.269 e. The molecule has 0 amide bonds. The Morgan fingerprint density at radius 3 is 1.38 bits per heavy atom. The van der Waals surface area contributed by atoms with E-state index in [1.165, 1.54) is 0 Å². The second-order valence-corrected chi connectivity index (χ2v) is 1.70. The number of halogens is 2. The summed E-state index contributed by atoms with van der Waals surface area (Å²) in [4.78, 5) is 0.